The Bertz CT molecular complexity index is 1070. The fourth-order valence-corrected chi connectivity index (χ4v) is 4.71. The van der Waals surface area contributed by atoms with Gasteiger partial charge in [-0.1, -0.05) is 30.3 Å². The number of halogens is 3. The van der Waals surface area contributed by atoms with Crippen LogP contribution in [0.15, 0.2) is 67.0 Å². The first kappa shape index (κ1) is 21.8. The summed E-state index contributed by atoms with van der Waals surface area (Å²) in [4.78, 5) is 0. The zero-order valence-corrected chi connectivity index (χ0v) is 18.1. The molecular formula is C24H25F3N4O2. The van der Waals surface area contributed by atoms with Crippen LogP contribution >= 0.6 is 0 Å². The van der Waals surface area contributed by atoms with Gasteiger partial charge in [-0.25, -0.2) is 0 Å². The van der Waals surface area contributed by atoms with E-state index in [9.17, 15) is 13.2 Å². The quantitative estimate of drug-likeness (QED) is 0.704. The van der Waals surface area contributed by atoms with E-state index >= 15 is 0 Å². The van der Waals surface area contributed by atoms with E-state index in [2.05, 4.69) is 15.6 Å². The second kappa shape index (κ2) is 8.40. The predicted octanol–water partition coefficient (Wildman–Crippen LogP) is 4.50. The molecule has 0 radical (unpaired) electrons. The summed E-state index contributed by atoms with van der Waals surface area (Å²) >= 11 is 0. The van der Waals surface area contributed by atoms with E-state index in [4.69, 9.17) is 4.74 Å². The Morgan fingerprint density at radius 1 is 1.12 bits per heavy atom. The van der Waals surface area contributed by atoms with E-state index in [0.717, 1.165) is 24.9 Å². The molecule has 3 heterocycles. The molecule has 9 heteroatoms. The standard InChI is InChI=1S/C24H25F3N4O2/c1-30-12-13-31(29-30)19-8-9-21(33-24(25,26)27)20(14-19)18-15-23(32-16-18)10-5-11-28-22(23)17-6-3-2-4-7-17/h2-4,6-9,12-15,22,28-29H,5,10-11,16H2,1H3/t22-,23+/m0/s1. The Hall–Kier alpha value is -3.01. The fourth-order valence-electron chi connectivity index (χ4n) is 4.71. The zero-order chi connectivity index (χ0) is 23.1. The number of ether oxygens (including phenoxy) is 2. The third kappa shape index (κ3) is 4.44. The largest absolute Gasteiger partial charge is 0.573 e. The van der Waals surface area contributed by atoms with Gasteiger partial charge in [0.2, 0.25) is 0 Å². The highest BCUT2D eigenvalue weighted by molar-refractivity contribution is 5.77. The fraction of sp³-hybridized carbons (Fsp3) is 0.333. The molecule has 2 aromatic rings. The van der Waals surface area contributed by atoms with Crippen LogP contribution in [0, 0.1) is 0 Å². The maximum atomic E-state index is 13.2. The number of alkyl halides is 3. The van der Waals surface area contributed by atoms with Gasteiger partial charge >= 0.3 is 6.36 Å². The average Bonchev–Trinajstić information content (AvgIpc) is 3.41. The molecule has 0 saturated carbocycles. The van der Waals surface area contributed by atoms with E-state index in [-0.39, 0.29) is 18.4 Å². The number of nitrogens with zero attached hydrogens (tertiary/aromatic N) is 2. The van der Waals surface area contributed by atoms with Crippen molar-refractivity contribution in [3.63, 3.8) is 0 Å². The van der Waals surface area contributed by atoms with Crippen LogP contribution in [0.25, 0.3) is 5.57 Å². The van der Waals surface area contributed by atoms with Gasteiger partial charge in [-0.15, -0.1) is 18.7 Å². The van der Waals surface area contributed by atoms with Crippen molar-refractivity contribution < 1.29 is 22.6 Å². The second-order valence-corrected chi connectivity index (χ2v) is 8.42. The summed E-state index contributed by atoms with van der Waals surface area (Å²) < 4.78 is 50.2. The average molecular weight is 458 g/mol. The Morgan fingerprint density at radius 2 is 1.94 bits per heavy atom. The molecule has 3 aliphatic rings. The van der Waals surface area contributed by atoms with Crippen molar-refractivity contribution in [2.45, 2.75) is 30.8 Å². The molecule has 0 unspecified atom stereocenters. The van der Waals surface area contributed by atoms with Crippen molar-refractivity contribution in [1.29, 1.82) is 0 Å². The number of nitrogens with one attached hydrogen (secondary N) is 2. The first-order valence-electron chi connectivity index (χ1n) is 10.8. The molecule has 2 aromatic carbocycles. The second-order valence-electron chi connectivity index (χ2n) is 8.42. The number of hydrazine groups is 2. The van der Waals surface area contributed by atoms with Crippen LogP contribution < -0.4 is 20.6 Å². The normalized spacial score (nSPS) is 25.1. The van der Waals surface area contributed by atoms with E-state index in [1.165, 1.54) is 6.07 Å². The van der Waals surface area contributed by atoms with Crippen molar-refractivity contribution in [2.24, 2.45) is 0 Å². The van der Waals surface area contributed by atoms with Gasteiger partial charge in [0, 0.05) is 25.0 Å². The summed E-state index contributed by atoms with van der Waals surface area (Å²) in [7, 11) is 1.83. The van der Waals surface area contributed by atoms with Crippen molar-refractivity contribution in [3.8, 4) is 5.75 Å². The minimum absolute atomic E-state index is 0.0862. The molecule has 0 aliphatic carbocycles. The molecule has 0 bridgehead atoms. The van der Waals surface area contributed by atoms with Crippen LogP contribution in [-0.2, 0) is 4.74 Å². The van der Waals surface area contributed by atoms with E-state index in [1.54, 1.807) is 28.4 Å². The van der Waals surface area contributed by atoms with Gasteiger partial charge in [0.15, 0.2) is 0 Å². The number of hydrogen-bond donors (Lipinski definition) is 2. The molecule has 1 fully saturated rings. The van der Waals surface area contributed by atoms with Crippen LogP contribution in [0.4, 0.5) is 18.9 Å². The topological polar surface area (TPSA) is 49.0 Å². The summed E-state index contributed by atoms with van der Waals surface area (Å²) in [5.41, 5.74) is 5.25. The van der Waals surface area contributed by atoms with Crippen LogP contribution in [0.5, 0.6) is 5.75 Å². The molecule has 33 heavy (non-hydrogen) atoms. The molecular weight excluding hydrogens is 433 g/mol. The first-order chi connectivity index (χ1) is 15.8. The Balaban J connectivity index is 1.54. The SMILES string of the molecule is CN1C=CN(c2ccc(OC(F)(F)F)c(C3=C[C@@]4(CCCN[C@H]4c4ccccc4)OC3)c2)N1. The van der Waals surface area contributed by atoms with E-state index in [1.807, 2.05) is 49.7 Å². The lowest BCUT2D eigenvalue weighted by atomic mass is 9.81. The molecule has 6 nitrogen and oxygen atoms in total. The predicted molar refractivity (Wildman–Crippen MR) is 119 cm³/mol. The van der Waals surface area contributed by atoms with Crippen LogP contribution in [0.2, 0.25) is 0 Å². The highest BCUT2D eigenvalue weighted by Gasteiger charge is 2.45. The minimum atomic E-state index is -4.79. The molecule has 2 N–H and O–H groups in total. The summed E-state index contributed by atoms with van der Waals surface area (Å²) in [6.07, 6.45) is 2.48. The number of hydrogen-bond acceptors (Lipinski definition) is 6. The monoisotopic (exact) mass is 458 g/mol. The van der Waals surface area contributed by atoms with Crippen LogP contribution in [-0.4, -0.2) is 37.2 Å². The summed E-state index contributed by atoms with van der Waals surface area (Å²) in [6.45, 7) is 1.05. The lowest BCUT2D eigenvalue weighted by Gasteiger charge is -2.40. The van der Waals surface area contributed by atoms with Crippen LogP contribution in [0.3, 0.4) is 0 Å². The van der Waals surface area contributed by atoms with Crippen molar-refractivity contribution in [3.05, 3.63) is 78.1 Å². The number of rotatable bonds is 4. The molecule has 174 valence electrons. The Kier molecular flexibility index (Phi) is 5.55. The minimum Gasteiger partial charge on any atom is -0.405 e. The first-order valence-corrected chi connectivity index (χ1v) is 10.8. The number of benzene rings is 2. The van der Waals surface area contributed by atoms with E-state index in [0.29, 0.717) is 16.8 Å². The number of piperidine rings is 1. The van der Waals surface area contributed by atoms with Gasteiger partial charge in [-0.05, 0) is 54.8 Å². The summed E-state index contributed by atoms with van der Waals surface area (Å²) in [6, 6.07) is 14.5. The van der Waals surface area contributed by atoms with Crippen LogP contribution in [0.1, 0.15) is 30.0 Å². The molecule has 3 aliphatic heterocycles. The Labute approximate surface area is 190 Å². The molecule has 0 aromatic heterocycles. The highest BCUT2D eigenvalue weighted by Crippen LogP contribution is 2.46. The molecule has 1 spiro atoms. The lowest BCUT2D eigenvalue weighted by molar-refractivity contribution is -0.274. The molecule has 5 rings (SSSR count). The van der Waals surface area contributed by atoms with Crippen molar-refractivity contribution in [1.82, 2.24) is 15.9 Å². The molecule has 2 atom stereocenters. The van der Waals surface area contributed by atoms with Gasteiger partial charge in [-0.2, -0.15) is 0 Å². The van der Waals surface area contributed by atoms with Gasteiger partial charge in [0.05, 0.1) is 18.3 Å². The molecule has 0 amide bonds. The van der Waals surface area contributed by atoms with Gasteiger partial charge in [0.1, 0.15) is 11.4 Å². The van der Waals surface area contributed by atoms with E-state index < -0.39 is 12.0 Å². The number of anilines is 1. The summed E-state index contributed by atoms with van der Waals surface area (Å²) in [5, 5.41) is 7.01. The third-order valence-electron chi connectivity index (χ3n) is 6.15. The van der Waals surface area contributed by atoms with Gasteiger partial charge in [-0.3, -0.25) is 10.0 Å². The van der Waals surface area contributed by atoms with Gasteiger partial charge in [0.25, 0.3) is 0 Å². The van der Waals surface area contributed by atoms with Crippen molar-refractivity contribution in [2.75, 3.05) is 25.2 Å². The van der Waals surface area contributed by atoms with Crippen molar-refractivity contribution >= 4 is 11.3 Å². The maximum absolute atomic E-state index is 13.2. The highest BCUT2D eigenvalue weighted by atomic mass is 19.4. The smallest absolute Gasteiger partial charge is 0.405 e. The molecule has 1 saturated heterocycles. The third-order valence-corrected chi connectivity index (χ3v) is 6.15. The Morgan fingerprint density at radius 3 is 2.67 bits per heavy atom. The maximum Gasteiger partial charge on any atom is 0.573 e. The van der Waals surface area contributed by atoms with Gasteiger partial charge < -0.3 is 14.8 Å². The summed E-state index contributed by atoms with van der Waals surface area (Å²) in [5.74, 6) is -0.241. The zero-order valence-electron chi connectivity index (χ0n) is 18.1. The lowest BCUT2D eigenvalue weighted by Crippen LogP contribution is -2.47.